The van der Waals surface area contributed by atoms with Gasteiger partial charge in [0.2, 0.25) is 0 Å². The molecule has 0 saturated carbocycles. The first kappa shape index (κ1) is 13.0. The van der Waals surface area contributed by atoms with Gasteiger partial charge in [0.15, 0.2) is 0 Å². The highest BCUT2D eigenvalue weighted by Crippen LogP contribution is 2.25. The fraction of sp³-hybridized carbons (Fsp3) is 0.400. The molecule has 0 saturated heterocycles. The molecule has 0 fully saturated rings. The normalized spacial score (nSPS) is 12.1. The molecule has 0 amide bonds. The molecule has 0 unspecified atom stereocenters. The molecule has 0 aliphatic heterocycles. The fourth-order valence-corrected chi connectivity index (χ4v) is 2.07. The van der Waals surface area contributed by atoms with Gasteiger partial charge in [-0.25, -0.2) is 4.39 Å². The minimum atomic E-state index is -0.251. The van der Waals surface area contributed by atoms with Crippen LogP contribution in [0.5, 0.6) is 0 Å². The maximum Gasteiger partial charge on any atom is 0.149 e. The van der Waals surface area contributed by atoms with Crippen LogP contribution in [-0.2, 0) is 6.42 Å². The van der Waals surface area contributed by atoms with E-state index in [1.54, 1.807) is 6.07 Å². The summed E-state index contributed by atoms with van der Waals surface area (Å²) in [5.74, 6) is -0.251. The fourth-order valence-electron chi connectivity index (χ4n) is 2.07. The predicted molar refractivity (Wildman–Crippen MR) is 73.0 cm³/mol. The third-order valence-electron chi connectivity index (χ3n) is 3.18. The third kappa shape index (κ3) is 2.67. The van der Waals surface area contributed by atoms with Crippen molar-refractivity contribution in [2.45, 2.75) is 27.2 Å². The summed E-state index contributed by atoms with van der Waals surface area (Å²) in [6.07, 6.45) is 0.768. The minimum Gasteiger partial charge on any atom is -0.330 e. The summed E-state index contributed by atoms with van der Waals surface area (Å²) in [7, 11) is 0. The van der Waals surface area contributed by atoms with Crippen molar-refractivity contribution >= 4 is 10.9 Å². The van der Waals surface area contributed by atoms with Gasteiger partial charge < -0.3 is 5.73 Å². The Kier molecular flexibility index (Phi) is 3.35. The van der Waals surface area contributed by atoms with Crippen molar-refractivity contribution in [3.8, 4) is 0 Å². The highest BCUT2D eigenvalue weighted by atomic mass is 19.1. The van der Waals surface area contributed by atoms with Crippen LogP contribution in [0, 0.1) is 18.2 Å². The smallest absolute Gasteiger partial charge is 0.149 e. The molecule has 0 aliphatic rings. The number of benzene rings is 1. The largest absolute Gasteiger partial charge is 0.330 e. The van der Waals surface area contributed by atoms with Crippen molar-refractivity contribution in [2.75, 3.05) is 6.54 Å². The first-order valence-electron chi connectivity index (χ1n) is 6.17. The molecule has 0 radical (unpaired) electrons. The van der Waals surface area contributed by atoms with Crippen molar-refractivity contribution < 1.29 is 4.39 Å². The van der Waals surface area contributed by atoms with Gasteiger partial charge in [-0.15, -0.1) is 0 Å². The molecular formula is C15H19FN2. The summed E-state index contributed by atoms with van der Waals surface area (Å²) in [5, 5.41) is 0.850. The SMILES string of the molecule is Cc1ccc2cc(CC(C)(C)CN)cc(F)c2n1. The Hall–Kier alpha value is -1.48. The van der Waals surface area contributed by atoms with Gasteiger partial charge in [0.05, 0.1) is 0 Å². The van der Waals surface area contributed by atoms with Gasteiger partial charge in [-0.2, -0.15) is 0 Å². The van der Waals surface area contributed by atoms with Crippen LogP contribution in [0.15, 0.2) is 24.3 Å². The Labute approximate surface area is 107 Å². The lowest BCUT2D eigenvalue weighted by atomic mass is 9.85. The summed E-state index contributed by atoms with van der Waals surface area (Å²) in [5.41, 5.74) is 7.95. The van der Waals surface area contributed by atoms with E-state index in [2.05, 4.69) is 18.8 Å². The number of fused-ring (bicyclic) bond motifs is 1. The molecule has 0 atom stereocenters. The molecule has 1 aromatic heterocycles. The van der Waals surface area contributed by atoms with Gasteiger partial charge in [0.1, 0.15) is 11.3 Å². The van der Waals surface area contributed by atoms with Gasteiger partial charge in [0.25, 0.3) is 0 Å². The summed E-state index contributed by atoms with van der Waals surface area (Å²) in [6.45, 7) is 6.62. The number of aryl methyl sites for hydroxylation is 1. The van der Waals surface area contributed by atoms with Crippen molar-refractivity contribution in [3.05, 3.63) is 41.3 Å². The van der Waals surface area contributed by atoms with Gasteiger partial charge in [-0.3, -0.25) is 4.98 Å². The number of hydrogen-bond acceptors (Lipinski definition) is 2. The van der Waals surface area contributed by atoms with Gasteiger partial charge in [-0.05, 0) is 49.1 Å². The molecule has 2 aromatic rings. The topological polar surface area (TPSA) is 38.9 Å². The van der Waals surface area contributed by atoms with Crippen LogP contribution in [0.3, 0.4) is 0 Å². The van der Waals surface area contributed by atoms with Crippen LogP contribution in [0.4, 0.5) is 4.39 Å². The zero-order chi connectivity index (χ0) is 13.3. The van der Waals surface area contributed by atoms with Crippen LogP contribution in [-0.4, -0.2) is 11.5 Å². The van der Waals surface area contributed by atoms with Crippen LogP contribution in [0.1, 0.15) is 25.1 Å². The molecule has 2 nitrogen and oxygen atoms in total. The molecule has 1 aromatic carbocycles. The third-order valence-corrected chi connectivity index (χ3v) is 3.18. The first-order chi connectivity index (χ1) is 8.41. The Morgan fingerprint density at radius 2 is 2.00 bits per heavy atom. The summed E-state index contributed by atoms with van der Waals surface area (Å²) in [6, 6.07) is 7.40. The molecule has 3 heteroatoms. The predicted octanol–water partition coefficient (Wildman–Crippen LogP) is 3.21. The van der Waals surface area contributed by atoms with E-state index in [0.717, 1.165) is 23.1 Å². The van der Waals surface area contributed by atoms with Crippen molar-refractivity contribution in [2.24, 2.45) is 11.1 Å². The number of hydrogen-bond donors (Lipinski definition) is 1. The standard InChI is InChI=1S/C15H19FN2/c1-10-4-5-12-6-11(8-15(2,3)9-17)7-13(16)14(12)18-10/h4-7H,8-9,17H2,1-3H3. The van der Waals surface area contributed by atoms with E-state index in [4.69, 9.17) is 5.73 Å². The number of rotatable bonds is 3. The van der Waals surface area contributed by atoms with E-state index in [-0.39, 0.29) is 11.2 Å². The van der Waals surface area contributed by atoms with Crippen LogP contribution in [0.25, 0.3) is 10.9 Å². The monoisotopic (exact) mass is 246 g/mol. The van der Waals surface area contributed by atoms with Gasteiger partial charge >= 0.3 is 0 Å². The quantitative estimate of drug-likeness (QED) is 0.903. The lowest BCUT2D eigenvalue weighted by Gasteiger charge is -2.22. The molecule has 2 rings (SSSR count). The van der Waals surface area contributed by atoms with E-state index in [0.29, 0.717) is 12.1 Å². The number of nitrogens with zero attached hydrogens (tertiary/aromatic N) is 1. The highest BCUT2D eigenvalue weighted by molar-refractivity contribution is 5.80. The average molecular weight is 246 g/mol. The molecule has 1 heterocycles. The van der Waals surface area contributed by atoms with Crippen LogP contribution in [0.2, 0.25) is 0 Å². The van der Waals surface area contributed by atoms with E-state index in [1.807, 2.05) is 25.1 Å². The second-order valence-corrected chi connectivity index (χ2v) is 5.65. The zero-order valence-electron chi connectivity index (χ0n) is 11.1. The van der Waals surface area contributed by atoms with E-state index >= 15 is 0 Å². The first-order valence-corrected chi connectivity index (χ1v) is 6.17. The molecule has 0 spiro atoms. The summed E-state index contributed by atoms with van der Waals surface area (Å²) in [4.78, 5) is 4.23. The molecule has 18 heavy (non-hydrogen) atoms. The van der Waals surface area contributed by atoms with Crippen LogP contribution < -0.4 is 5.73 Å². The maximum atomic E-state index is 14.0. The Balaban J connectivity index is 2.46. The Bertz CT molecular complexity index is 576. The number of nitrogens with two attached hydrogens (primary N) is 1. The number of halogens is 1. The molecular weight excluding hydrogens is 227 g/mol. The van der Waals surface area contributed by atoms with Gasteiger partial charge in [0, 0.05) is 11.1 Å². The highest BCUT2D eigenvalue weighted by Gasteiger charge is 2.17. The molecule has 96 valence electrons. The van der Waals surface area contributed by atoms with Crippen molar-refractivity contribution in [1.82, 2.24) is 4.98 Å². The molecule has 0 bridgehead atoms. The second-order valence-electron chi connectivity index (χ2n) is 5.65. The zero-order valence-corrected chi connectivity index (χ0v) is 11.1. The average Bonchev–Trinajstić information content (AvgIpc) is 2.30. The Morgan fingerprint density at radius 3 is 2.67 bits per heavy atom. The molecule has 2 N–H and O–H groups in total. The Morgan fingerprint density at radius 1 is 1.28 bits per heavy atom. The summed E-state index contributed by atoms with van der Waals surface area (Å²) >= 11 is 0. The lowest BCUT2D eigenvalue weighted by molar-refractivity contribution is 0.376. The summed E-state index contributed by atoms with van der Waals surface area (Å²) < 4.78 is 14.0. The van der Waals surface area contributed by atoms with E-state index < -0.39 is 0 Å². The molecule has 0 aliphatic carbocycles. The van der Waals surface area contributed by atoms with E-state index in [1.165, 1.54) is 0 Å². The maximum absolute atomic E-state index is 14.0. The second kappa shape index (κ2) is 4.65. The number of aromatic nitrogens is 1. The minimum absolute atomic E-state index is 0.0156. The van der Waals surface area contributed by atoms with E-state index in [9.17, 15) is 4.39 Å². The van der Waals surface area contributed by atoms with Crippen molar-refractivity contribution in [1.29, 1.82) is 0 Å². The lowest BCUT2D eigenvalue weighted by Crippen LogP contribution is -2.25. The van der Waals surface area contributed by atoms with Crippen molar-refractivity contribution in [3.63, 3.8) is 0 Å². The van der Waals surface area contributed by atoms with Crippen LogP contribution >= 0.6 is 0 Å². The van der Waals surface area contributed by atoms with Gasteiger partial charge in [-0.1, -0.05) is 19.9 Å². The number of pyridine rings is 1.